The van der Waals surface area contributed by atoms with Gasteiger partial charge in [0.05, 0.1) is 35.5 Å². The average Bonchev–Trinajstić information content (AvgIpc) is 3.32. The molecule has 0 unspecified atom stereocenters. The molecule has 0 radical (unpaired) electrons. The van der Waals surface area contributed by atoms with Gasteiger partial charge in [-0.2, -0.15) is 5.10 Å². The van der Waals surface area contributed by atoms with E-state index in [-0.39, 0.29) is 5.91 Å². The van der Waals surface area contributed by atoms with Crippen LogP contribution < -0.4 is 10.2 Å². The van der Waals surface area contributed by atoms with E-state index in [9.17, 15) is 4.79 Å². The molecule has 0 atom stereocenters. The first-order valence-electron chi connectivity index (χ1n) is 12.0. The third-order valence-corrected chi connectivity index (χ3v) is 6.27. The van der Waals surface area contributed by atoms with Gasteiger partial charge in [0.1, 0.15) is 5.82 Å². The summed E-state index contributed by atoms with van der Waals surface area (Å²) in [6.07, 6.45) is 13.8. The van der Waals surface area contributed by atoms with Gasteiger partial charge >= 0.3 is 0 Å². The number of unbranched alkanes of at least 4 members (excludes halogenated alkanes) is 1. The van der Waals surface area contributed by atoms with Crippen LogP contribution in [-0.4, -0.2) is 44.1 Å². The number of hydrogen-bond acceptors (Lipinski definition) is 6. The van der Waals surface area contributed by atoms with Crippen molar-refractivity contribution in [1.29, 1.82) is 0 Å². The fourth-order valence-electron chi connectivity index (χ4n) is 4.35. The minimum absolute atomic E-state index is 0.298. The third kappa shape index (κ3) is 4.76. The van der Waals surface area contributed by atoms with Crippen molar-refractivity contribution in [1.82, 2.24) is 25.1 Å². The Labute approximate surface area is 198 Å². The lowest BCUT2D eigenvalue weighted by atomic mass is 10.0. The molecule has 8 heteroatoms. The Morgan fingerprint density at radius 1 is 1.03 bits per heavy atom. The molecule has 0 spiro atoms. The Kier molecular flexibility index (Phi) is 6.46. The Hall–Kier alpha value is -3.81. The number of benzene rings is 1. The van der Waals surface area contributed by atoms with Crippen LogP contribution in [0.2, 0.25) is 0 Å². The third-order valence-electron chi connectivity index (χ3n) is 6.27. The molecule has 1 aromatic carbocycles. The molecule has 174 valence electrons. The van der Waals surface area contributed by atoms with Crippen LogP contribution >= 0.6 is 0 Å². The van der Waals surface area contributed by atoms with Gasteiger partial charge in [-0.05, 0) is 49.4 Å². The molecule has 1 amide bonds. The number of rotatable bonds is 7. The first-order chi connectivity index (χ1) is 16.7. The van der Waals surface area contributed by atoms with Crippen LogP contribution in [0.1, 0.15) is 55.3 Å². The largest absolute Gasteiger partial charge is 0.370 e. The highest BCUT2D eigenvalue weighted by molar-refractivity contribution is 6.11. The van der Waals surface area contributed by atoms with Crippen molar-refractivity contribution in [2.24, 2.45) is 0 Å². The normalized spacial score (nSPS) is 13.9. The number of pyridine rings is 1. The van der Waals surface area contributed by atoms with E-state index in [0.717, 1.165) is 65.9 Å². The van der Waals surface area contributed by atoms with Crippen LogP contribution in [0.5, 0.6) is 0 Å². The van der Waals surface area contributed by atoms with Crippen LogP contribution in [0.3, 0.4) is 0 Å². The minimum Gasteiger partial charge on any atom is -0.370 e. The number of piperidine rings is 1. The van der Waals surface area contributed by atoms with Crippen LogP contribution in [0.25, 0.3) is 22.0 Å². The predicted molar refractivity (Wildman–Crippen MR) is 134 cm³/mol. The van der Waals surface area contributed by atoms with E-state index in [4.69, 9.17) is 0 Å². The van der Waals surface area contributed by atoms with Crippen LogP contribution in [-0.2, 0) is 6.42 Å². The van der Waals surface area contributed by atoms with Crippen LogP contribution in [0.4, 0.5) is 11.4 Å². The van der Waals surface area contributed by atoms with E-state index in [2.05, 4.69) is 48.4 Å². The summed E-state index contributed by atoms with van der Waals surface area (Å²) in [6.45, 7) is 4.27. The summed E-state index contributed by atoms with van der Waals surface area (Å²) in [5, 5.41) is 10.9. The Bertz CT molecular complexity index is 1280. The topological polar surface area (TPSA) is 99.7 Å². The molecular weight excluding hydrogens is 426 g/mol. The number of aromatic amines is 1. The van der Waals surface area contributed by atoms with E-state index in [1.165, 1.54) is 19.3 Å². The molecule has 34 heavy (non-hydrogen) atoms. The maximum Gasteiger partial charge on any atom is 0.276 e. The first kappa shape index (κ1) is 22.0. The molecule has 2 N–H and O–H groups in total. The van der Waals surface area contributed by atoms with Gasteiger partial charge in [0.15, 0.2) is 5.69 Å². The number of H-pyrrole nitrogens is 1. The van der Waals surface area contributed by atoms with Crippen molar-refractivity contribution in [3.8, 4) is 11.1 Å². The predicted octanol–water partition coefficient (Wildman–Crippen LogP) is 5.00. The van der Waals surface area contributed by atoms with Crippen molar-refractivity contribution in [3.05, 3.63) is 60.6 Å². The summed E-state index contributed by atoms with van der Waals surface area (Å²) in [7, 11) is 0. The number of carbonyl (C=O) groups is 1. The summed E-state index contributed by atoms with van der Waals surface area (Å²) in [6, 6.07) is 8.15. The fraction of sp³-hybridized carbons (Fsp3) is 0.346. The van der Waals surface area contributed by atoms with E-state index < -0.39 is 0 Å². The lowest BCUT2D eigenvalue weighted by molar-refractivity contribution is 0.102. The lowest BCUT2D eigenvalue weighted by Gasteiger charge is -2.28. The second kappa shape index (κ2) is 9.99. The van der Waals surface area contributed by atoms with Crippen molar-refractivity contribution in [2.75, 3.05) is 23.3 Å². The van der Waals surface area contributed by atoms with E-state index in [0.29, 0.717) is 11.4 Å². The molecule has 1 aliphatic rings. The van der Waals surface area contributed by atoms with Crippen molar-refractivity contribution < 1.29 is 4.79 Å². The van der Waals surface area contributed by atoms with Gasteiger partial charge in [-0.25, -0.2) is 9.97 Å². The molecule has 0 saturated carbocycles. The molecule has 1 aliphatic heterocycles. The highest BCUT2D eigenvalue weighted by atomic mass is 16.1. The van der Waals surface area contributed by atoms with Crippen molar-refractivity contribution in [3.63, 3.8) is 0 Å². The van der Waals surface area contributed by atoms with Crippen molar-refractivity contribution >= 4 is 28.2 Å². The summed E-state index contributed by atoms with van der Waals surface area (Å²) in [4.78, 5) is 28.6. The fourth-order valence-corrected chi connectivity index (χ4v) is 4.35. The van der Waals surface area contributed by atoms with Crippen molar-refractivity contribution in [2.45, 2.75) is 45.4 Å². The molecule has 1 saturated heterocycles. The van der Waals surface area contributed by atoms with Gasteiger partial charge < -0.3 is 10.2 Å². The zero-order chi connectivity index (χ0) is 23.3. The molecule has 0 aliphatic carbocycles. The zero-order valence-corrected chi connectivity index (χ0v) is 19.4. The zero-order valence-electron chi connectivity index (χ0n) is 19.4. The molecule has 4 heterocycles. The minimum atomic E-state index is -0.298. The quantitative estimate of drug-likeness (QED) is 0.407. The lowest BCUT2D eigenvalue weighted by Crippen LogP contribution is -2.29. The van der Waals surface area contributed by atoms with Crippen LogP contribution in [0, 0.1) is 0 Å². The van der Waals surface area contributed by atoms with Crippen LogP contribution in [0.15, 0.2) is 49.1 Å². The number of hydrogen-bond donors (Lipinski definition) is 2. The van der Waals surface area contributed by atoms with E-state index in [1.54, 1.807) is 12.4 Å². The average molecular weight is 456 g/mol. The number of aromatic nitrogens is 5. The summed E-state index contributed by atoms with van der Waals surface area (Å²) in [5.41, 5.74) is 4.86. The second-order valence-electron chi connectivity index (χ2n) is 8.76. The second-order valence-corrected chi connectivity index (χ2v) is 8.76. The number of fused-ring (bicyclic) bond motifs is 1. The molecule has 3 aromatic heterocycles. The molecule has 8 nitrogen and oxygen atoms in total. The molecular formula is C26H29N7O. The number of carbonyl (C=O) groups excluding carboxylic acids is 1. The Morgan fingerprint density at radius 3 is 2.65 bits per heavy atom. The van der Waals surface area contributed by atoms with Gasteiger partial charge in [0.2, 0.25) is 0 Å². The summed E-state index contributed by atoms with van der Waals surface area (Å²) in [5.74, 6) is 0.489. The summed E-state index contributed by atoms with van der Waals surface area (Å²) < 4.78 is 0. The number of anilines is 2. The first-order valence-corrected chi connectivity index (χ1v) is 12.0. The monoisotopic (exact) mass is 455 g/mol. The molecule has 0 bridgehead atoms. The van der Waals surface area contributed by atoms with Gasteiger partial charge in [-0.1, -0.05) is 19.4 Å². The van der Waals surface area contributed by atoms with Gasteiger partial charge in [0, 0.05) is 36.7 Å². The Balaban J connectivity index is 1.37. The number of amides is 1. The van der Waals surface area contributed by atoms with Gasteiger partial charge in [-0.3, -0.25) is 14.9 Å². The van der Waals surface area contributed by atoms with Gasteiger partial charge in [-0.15, -0.1) is 0 Å². The number of aryl methyl sites for hydroxylation is 1. The number of nitrogens with zero attached hydrogens (tertiary/aromatic N) is 5. The molecule has 1 fully saturated rings. The maximum atomic E-state index is 13.0. The molecule has 4 aromatic rings. The maximum absolute atomic E-state index is 13.0. The number of nitrogens with one attached hydrogen (secondary N) is 2. The highest BCUT2D eigenvalue weighted by Gasteiger charge is 2.17. The Morgan fingerprint density at radius 2 is 1.85 bits per heavy atom. The summed E-state index contributed by atoms with van der Waals surface area (Å²) >= 11 is 0. The van der Waals surface area contributed by atoms with E-state index in [1.807, 2.05) is 30.6 Å². The SMILES string of the molecule is CCCCc1ncc(NC(=O)c2n[nH]c3ccc(-c4cncc(N5CCCCC5)c4)cc23)cn1. The standard InChI is InChI=1S/C26H29N7O/c1-2-3-7-24-28-15-20(16-29-24)30-26(34)25-22-13-18(8-9-23(22)31-32-25)19-12-21(17-27-14-19)33-10-5-4-6-11-33/h8-9,12-17H,2-7,10-11H2,1H3,(H,30,34)(H,31,32). The smallest absolute Gasteiger partial charge is 0.276 e. The molecule has 5 rings (SSSR count). The van der Waals surface area contributed by atoms with E-state index >= 15 is 0 Å². The van der Waals surface area contributed by atoms with Gasteiger partial charge in [0.25, 0.3) is 5.91 Å². The highest BCUT2D eigenvalue weighted by Crippen LogP contribution is 2.29.